The van der Waals surface area contributed by atoms with Gasteiger partial charge in [-0.15, -0.1) is 0 Å². The van der Waals surface area contributed by atoms with E-state index in [0.717, 1.165) is 6.42 Å². The fraction of sp³-hybridized carbons (Fsp3) is 0.500. The average molecular weight is 201 g/mol. The minimum Gasteiger partial charge on any atom is -0.198 e. The summed E-state index contributed by atoms with van der Waals surface area (Å²) in [5.41, 5.74) is 1.46. The number of benzene rings is 1. The molecule has 0 saturated heterocycles. The molecule has 0 saturated carbocycles. The van der Waals surface area contributed by atoms with Crippen molar-refractivity contribution in [3.8, 4) is 6.07 Å². The summed E-state index contributed by atoms with van der Waals surface area (Å²) in [6.07, 6.45) is 1.56. The lowest BCUT2D eigenvalue weighted by atomic mass is 9.70. The standard InChI is InChI=1S/C14H19N/c1-12(2)14(3,10-7-11-15)13-8-5-4-6-9-13/h4-6,8-9,12H,7,10H2,1-3H3. The Bertz CT molecular complexity index is 334. The Morgan fingerprint density at radius 1 is 1.27 bits per heavy atom. The molecule has 1 aromatic carbocycles. The van der Waals surface area contributed by atoms with Gasteiger partial charge in [-0.1, -0.05) is 51.1 Å². The van der Waals surface area contributed by atoms with Crippen molar-refractivity contribution in [3.05, 3.63) is 35.9 Å². The molecule has 1 atom stereocenters. The molecule has 1 heteroatoms. The van der Waals surface area contributed by atoms with Gasteiger partial charge in [0.05, 0.1) is 6.07 Å². The van der Waals surface area contributed by atoms with E-state index in [9.17, 15) is 0 Å². The zero-order valence-electron chi connectivity index (χ0n) is 9.83. The largest absolute Gasteiger partial charge is 0.198 e. The molecular weight excluding hydrogens is 182 g/mol. The van der Waals surface area contributed by atoms with Gasteiger partial charge in [0.2, 0.25) is 0 Å². The molecule has 0 aliphatic heterocycles. The molecule has 1 aromatic rings. The molecule has 80 valence electrons. The third-order valence-corrected chi connectivity index (χ3v) is 3.46. The van der Waals surface area contributed by atoms with E-state index in [1.165, 1.54) is 5.56 Å². The average Bonchev–Trinajstić information content (AvgIpc) is 2.27. The first-order valence-electron chi connectivity index (χ1n) is 5.53. The molecule has 1 unspecified atom stereocenters. The van der Waals surface area contributed by atoms with Crippen molar-refractivity contribution in [2.75, 3.05) is 0 Å². The van der Waals surface area contributed by atoms with Gasteiger partial charge in [-0.2, -0.15) is 5.26 Å². The highest BCUT2D eigenvalue weighted by atomic mass is 14.3. The van der Waals surface area contributed by atoms with E-state index in [-0.39, 0.29) is 5.41 Å². The Kier molecular flexibility index (Phi) is 3.91. The maximum atomic E-state index is 8.71. The molecule has 0 bridgehead atoms. The number of hydrogen-bond donors (Lipinski definition) is 0. The van der Waals surface area contributed by atoms with Gasteiger partial charge in [0.25, 0.3) is 0 Å². The summed E-state index contributed by atoms with van der Waals surface area (Å²) in [5.74, 6) is 0.549. The molecule has 0 aromatic heterocycles. The third-order valence-electron chi connectivity index (χ3n) is 3.46. The molecule has 1 rings (SSSR count). The minimum atomic E-state index is 0.122. The molecular formula is C14H19N. The van der Waals surface area contributed by atoms with Crippen molar-refractivity contribution in [3.63, 3.8) is 0 Å². The normalized spacial score (nSPS) is 14.6. The second kappa shape index (κ2) is 4.98. The molecule has 0 N–H and O–H groups in total. The zero-order chi connectivity index (χ0) is 11.3. The molecule has 0 amide bonds. The fourth-order valence-corrected chi connectivity index (χ4v) is 1.90. The molecule has 1 nitrogen and oxygen atoms in total. The Morgan fingerprint density at radius 2 is 1.87 bits per heavy atom. The smallest absolute Gasteiger partial charge is 0.0622 e. The topological polar surface area (TPSA) is 23.8 Å². The quantitative estimate of drug-likeness (QED) is 0.724. The van der Waals surface area contributed by atoms with E-state index in [2.05, 4.69) is 51.1 Å². The molecule has 0 aliphatic rings. The van der Waals surface area contributed by atoms with Crippen molar-refractivity contribution < 1.29 is 0 Å². The first-order valence-corrected chi connectivity index (χ1v) is 5.53. The second-order valence-electron chi connectivity index (χ2n) is 4.60. The van der Waals surface area contributed by atoms with Crippen LogP contribution in [0.4, 0.5) is 0 Å². The Balaban J connectivity index is 2.97. The van der Waals surface area contributed by atoms with Crippen LogP contribution in [0.2, 0.25) is 0 Å². The number of hydrogen-bond acceptors (Lipinski definition) is 1. The Morgan fingerprint density at radius 3 is 2.33 bits per heavy atom. The van der Waals surface area contributed by atoms with Crippen LogP contribution in [0.1, 0.15) is 39.2 Å². The van der Waals surface area contributed by atoms with E-state index in [0.29, 0.717) is 12.3 Å². The summed E-state index contributed by atoms with van der Waals surface area (Å²) in [6, 6.07) is 12.8. The maximum absolute atomic E-state index is 8.71. The van der Waals surface area contributed by atoms with Crippen LogP contribution in [-0.2, 0) is 5.41 Å². The lowest BCUT2D eigenvalue weighted by Gasteiger charge is -2.34. The van der Waals surface area contributed by atoms with Crippen molar-refractivity contribution in [2.45, 2.75) is 39.0 Å². The van der Waals surface area contributed by atoms with Crippen LogP contribution in [0.3, 0.4) is 0 Å². The Labute approximate surface area is 92.7 Å². The highest BCUT2D eigenvalue weighted by Gasteiger charge is 2.29. The first kappa shape index (κ1) is 11.8. The van der Waals surface area contributed by atoms with Crippen LogP contribution >= 0.6 is 0 Å². The van der Waals surface area contributed by atoms with Crippen LogP contribution in [0, 0.1) is 17.2 Å². The predicted octanol–water partition coefficient (Wildman–Crippen LogP) is 3.90. The number of nitriles is 1. The van der Waals surface area contributed by atoms with Crippen LogP contribution in [0.5, 0.6) is 0 Å². The number of nitrogens with zero attached hydrogens (tertiary/aromatic N) is 1. The second-order valence-corrected chi connectivity index (χ2v) is 4.60. The maximum Gasteiger partial charge on any atom is 0.0622 e. The zero-order valence-corrected chi connectivity index (χ0v) is 9.83. The van der Waals surface area contributed by atoms with Crippen molar-refractivity contribution in [2.24, 2.45) is 5.92 Å². The van der Waals surface area contributed by atoms with E-state index in [4.69, 9.17) is 5.26 Å². The van der Waals surface area contributed by atoms with Crippen LogP contribution < -0.4 is 0 Å². The van der Waals surface area contributed by atoms with Crippen LogP contribution in [0.15, 0.2) is 30.3 Å². The molecule has 0 spiro atoms. The highest BCUT2D eigenvalue weighted by molar-refractivity contribution is 5.25. The highest BCUT2D eigenvalue weighted by Crippen LogP contribution is 2.36. The van der Waals surface area contributed by atoms with Gasteiger partial charge in [0.15, 0.2) is 0 Å². The fourth-order valence-electron chi connectivity index (χ4n) is 1.90. The van der Waals surface area contributed by atoms with Crippen LogP contribution in [-0.4, -0.2) is 0 Å². The Hall–Kier alpha value is -1.29. The summed E-state index contributed by atoms with van der Waals surface area (Å²) in [5, 5.41) is 8.71. The first-order chi connectivity index (χ1) is 7.11. The van der Waals surface area contributed by atoms with Gasteiger partial charge in [-0.05, 0) is 23.3 Å². The van der Waals surface area contributed by atoms with Gasteiger partial charge in [-0.3, -0.25) is 0 Å². The minimum absolute atomic E-state index is 0.122. The SMILES string of the molecule is CC(C)C(C)(CCC#N)c1ccccc1. The summed E-state index contributed by atoms with van der Waals surface area (Å²) >= 11 is 0. The monoisotopic (exact) mass is 201 g/mol. The summed E-state index contributed by atoms with van der Waals surface area (Å²) in [4.78, 5) is 0. The summed E-state index contributed by atoms with van der Waals surface area (Å²) < 4.78 is 0. The lowest BCUT2D eigenvalue weighted by Crippen LogP contribution is -2.28. The summed E-state index contributed by atoms with van der Waals surface area (Å²) in [6.45, 7) is 6.71. The van der Waals surface area contributed by atoms with Gasteiger partial charge >= 0.3 is 0 Å². The lowest BCUT2D eigenvalue weighted by molar-refractivity contribution is 0.317. The van der Waals surface area contributed by atoms with Gasteiger partial charge in [0, 0.05) is 6.42 Å². The third kappa shape index (κ3) is 2.59. The molecule has 0 heterocycles. The van der Waals surface area contributed by atoms with Crippen molar-refractivity contribution in [1.82, 2.24) is 0 Å². The molecule has 0 fully saturated rings. The van der Waals surface area contributed by atoms with E-state index < -0.39 is 0 Å². The van der Waals surface area contributed by atoms with E-state index >= 15 is 0 Å². The molecule has 15 heavy (non-hydrogen) atoms. The van der Waals surface area contributed by atoms with Crippen LogP contribution in [0.25, 0.3) is 0 Å². The van der Waals surface area contributed by atoms with Gasteiger partial charge < -0.3 is 0 Å². The predicted molar refractivity (Wildman–Crippen MR) is 63.5 cm³/mol. The molecule has 0 radical (unpaired) electrons. The number of rotatable bonds is 4. The summed E-state index contributed by atoms with van der Waals surface area (Å²) in [7, 11) is 0. The van der Waals surface area contributed by atoms with E-state index in [1.54, 1.807) is 0 Å². The van der Waals surface area contributed by atoms with E-state index in [1.807, 2.05) is 6.07 Å². The van der Waals surface area contributed by atoms with Gasteiger partial charge in [-0.25, -0.2) is 0 Å². The van der Waals surface area contributed by atoms with Crippen molar-refractivity contribution in [1.29, 1.82) is 5.26 Å². The van der Waals surface area contributed by atoms with Crippen molar-refractivity contribution >= 4 is 0 Å². The molecule has 0 aliphatic carbocycles. The van der Waals surface area contributed by atoms with Gasteiger partial charge in [0.1, 0.15) is 0 Å².